The summed E-state index contributed by atoms with van der Waals surface area (Å²) >= 11 is 0. The van der Waals surface area contributed by atoms with Gasteiger partial charge in [0.15, 0.2) is 0 Å². The van der Waals surface area contributed by atoms with Gasteiger partial charge in [0.05, 0.1) is 11.7 Å². The summed E-state index contributed by atoms with van der Waals surface area (Å²) < 4.78 is 26.1. The summed E-state index contributed by atoms with van der Waals surface area (Å²) in [5.41, 5.74) is 3.51. The highest BCUT2D eigenvalue weighted by Gasteiger charge is 2.45. The van der Waals surface area contributed by atoms with Crippen LogP contribution in [-0.4, -0.2) is 22.4 Å². The maximum absolute atomic E-state index is 13.1. The van der Waals surface area contributed by atoms with Crippen LogP contribution in [0.5, 0.6) is 0 Å². The van der Waals surface area contributed by atoms with Crippen LogP contribution < -0.4 is 11.3 Å². The van der Waals surface area contributed by atoms with E-state index < -0.39 is 14.8 Å². The van der Waals surface area contributed by atoms with Gasteiger partial charge < -0.3 is 5.43 Å². The molecule has 3 rings (SSSR count). The maximum Gasteiger partial charge on any atom is 0.265 e. The first-order valence-electron chi connectivity index (χ1n) is 6.52. The van der Waals surface area contributed by atoms with Crippen molar-refractivity contribution in [3.63, 3.8) is 0 Å². The molecule has 1 unspecified atom stereocenters. The first-order valence-corrected chi connectivity index (χ1v) is 7.96. The van der Waals surface area contributed by atoms with E-state index in [9.17, 15) is 8.42 Å². The van der Waals surface area contributed by atoms with E-state index in [1.807, 2.05) is 18.2 Å². The van der Waals surface area contributed by atoms with Crippen molar-refractivity contribution in [2.75, 3.05) is 0 Å². The topological polar surface area (TPSA) is 90.0 Å². The molecule has 1 aliphatic carbocycles. The van der Waals surface area contributed by atoms with Crippen molar-refractivity contribution < 1.29 is 8.42 Å². The lowest BCUT2D eigenvalue weighted by Crippen LogP contribution is -2.48. The van der Waals surface area contributed by atoms with Gasteiger partial charge >= 0.3 is 0 Å². The summed E-state index contributed by atoms with van der Waals surface area (Å²) in [4.78, 5) is 0. The molecule has 0 saturated heterocycles. The number of hydrogen-bond acceptors (Lipinski definition) is 5. The van der Waals surface area contributed by atoms with E-state index in [4.69, 9.17) is 5.84 Å². The van der Waals surface area contributed by atoms with Gasteiger partial charge in [-0.25, -0.2) is 8.42 Å². The molecule has 0 radical (unpaired) electrons. The van der Waals surface area contributed by atoms with Gasteiger partial charge in [-0.2, -0.15) is 9.19 Å². The van der Waals surface area contributed by atoms with E-state index in [0.29, 0.717) is 17.6 Å². The van der Waals surface area contributed by atoms with Gasteiger partial charge in [-0.3, -0.25) is 5.84 Å². The van der Waals surface area contributed by atoms with Crippen LogP contribution in [0.1, 0.15) is 13.3 Å². The zero-order chi connectivity index (χ0) is 15.1. The maximum atomic E-state index is 13.1. The van der Waals surface area contributed by atoms with Crippen LogP contribution in [-0.2, 0) is 10.0 Å². The van der Waals surface area contributed by atoms with Crippen LogP contribution in [0.2, 0.25) is 0 Å². The van der Waals surface area contributed by atoms with Crippen molar-refractivity contribution in [1.82, 2.24) is 14.6 Å². The molecule has 110 valence electrons. The quantitative estimate of drug-likeness (QED) is 0.658. The van der Waals surface area contributed by atoms with Crippen molar-refractivity contribution in [3.8, 4) is 0 Å². The standard InChI is InChI=1S/C14H16N4O2S/c1-14(9-5-4-8-13(14)17-15)21(19,20)18-12-7-3-2-6-11(12)10-16-18/h2-8,10,17H,9,15H2,1H3. The first-order chi connectivity index (χ1) is 10.0. The lowest BCUT2D eigenvalue weighted by Gasteiger charge is -2.32. The van der Waals surface area contributed by atoms with Gasteiger partial charge in [0.1, 0.15) is 4.75 Å². The highest BCUT2D eigenvalue weighted by molar-refractivity contribution is 7.91. The fourth-order valence-electron chi connectivity index (χ4n) is 2.52. The minimum absolute atomic E-state index is 0.333. The Balaban J connectivity index is 2.21. The molecule has 2 aromatic rings. The molecule has 0 spiro atoms. The SMILES string of the molecule is CC1(S(=O)(=O)n2ncc3ccccc32)CC=CC=C1NN. The van der Waals surface area contributed by atoms with E-state index in [-0.39, 0.29) is 0 Å². The summed E-state index contributed by atoms with van der Waals surface area (Å²) in [5.74, 6) is 5.50. The second-order valence-corrected chi connectivity index (χ2v) is 7.34. The Bertz CT molecular complexity index is 851. The van der Waals surface area contributed by atoms with E-state index in [0.717, 1.165) is 9.47 Å². The van der Waals surface area contributed by atoms with Gasteiger partial charge in [0, 0.05) is 11.1 Å². The lowest BCUT2D eigenvalue weighted by molar-refractivity contribution is 0.527. The molecule has 1 aromatic carbocycles. The number of rotatable bonds is 3. The third-order valence-electron chi connectivity index (χ3n) is 3.87. The zero-order valence-electron chi connectivity index (χ0n) is 11.5. The highest BCUT2D eigenvalue weighted by Crippen LogP contribution is 2.34. The molecule has 7 heteroatoms. The predicted molar refractivity (Wildman–Crippen MR) is 81.6 cm³/mol. The number of aromatic nitrogens is 2. The van der Waals surface area contributed by atoms with E-state index in [1.54, 1.807) is 37.4 Å². The van der Waals surface area contributed by atoms with Gasteiger partial charge in [-0.1, -0.05) is 30.4 Å². The number of fused-ring (bicyclic) bond motifs is 1. The third-order valence-corrected chi connectivity index (χ3v) is 6.14. The van der Waals surface area contributed by atoms with E-state index >= 15 is 0 Å². The zero-order valence-corrected chi connectivity index (χ0v) is 12.3. The Labute approximate surface area is 123 Å². The number of nitrogens with two attached hydrogens (primary N) is 1. The monoisotopic (exact) mass is 304 g/mol. The second kappa shape index (κ2) is 4.71. The van der Waals surface area contributed by atoms with Crippen LogP contribution in [0.15, 0.2) is 54.4 Å². The molecule has 1 heterocycles. The molecule has 0 fully saturated rings. The summed E-state index contributed by atoms with van der Waals surface area (Å²) in [5, 5.41) is 4.84. The van der Waals surface area contributed by atoms with Crippen molar-refractivity contribution in [2.45, 2.75) is 18.1 Å². The Hall–Kier alpha value is -2.12. The third kappa shape index (κ3) is 1.89. The first kappa shape index (κ1) is 13.8. The highest BCUT2D eigenvalue weighted by atomic mass is 32.2. The van der Waals surface area contributed by atoms with Crippen LogP contribution in [0.4, 0.5) is 0 Å². The molecule has 6 nitrogen and oxygen atoms in total. The van der Waals surface area contributed by atoms with E-state index in [2.05, 4.69) is 10.5 Å². The van der Waals surface area contributed by atoms with Crippen LogP contribution in [0.3, 0.4) is 0 Å². The molecule has 1 atom stereocenters. The number of hydrogen-bond donors (Lipinski definition) is 2. The number of allylic oxidation sites excluding steroid dienone is 3. The number of nitrogens with one attached hydrogen (secondary N) is 1. The number of hydrazine groups is 1. The summed E-state index contributed by atoms with van der Waals surface area (Å²) in [6, 6.07) is 7.20. The Morgan fingerprint density at radius 1 is 1.38 bits per heavy atom. The fraction of sp³-hybridized carbons (Fsp3) is 0.214. The number of benzene rings is 1. The van der Waals surface area contributed by atoms with Gasteiger partial charge in [-0.05, 0) is 25.5 Å². The number of para-hydroxylation sites is 1. The van der Waals surface area contributed by atoms with Crippen molar-refractivity contribution in [3.05, 3.63) is 54.4 Å². The van der Waals surface area contributed by atoms with Crippen molar-refractivity contribution in [2.24, 2.45) is 5.84 Å². The predicted octanol–water partition coefficient (Wildman–Crippen LogP) is 1.28. The Morgan fingerprint density at radius 3 is 2.90 bits per heavy atom. The average molecular weight is 304 g/mol. The molecule has 21 heavy (non-hydrogen) atoms. The molecular weight excluding hydrogens is 288 g/mol. The molecule has 0 bridgehead atoms. The molecular formula is C14H16N4O2S. The average Bonchev–Trinajstić information content (AvgIpc) is 2.92. The number of nitrogens with zero attached hydrogens (tertiary/aromatic N) is 2. The van der Waals surface area contributed by atoms with Crippen molar-refractivity contribution in [1.29, 1.82) is 0 Å². The molecule has 0 aliphatic heterocycles. The van der Waals surface area contributed by atoms with Gasteiger partial charge in [0.25, 0.3) is 10.0 Å². The fourth-order valence-corrected chi connectivity index (χ4v) is 4.21. The summed E-state index contributed by atoms with van der Waals surface area (Å²) in [7, 11) is -3.76. The Kier molecular flexibility index (Phi) is 3.11. The summed E-state index contributed by atoms with van der Waals surface area (Å²) in [6.45, 7) is 1.65. The molecule has 1 aromatic heterocycles. The van der Waals surface area contributed by atoms with E-state index in [1.165, 1.54) is 0 Å². The molecule has 0 saturated carbocycles. The van der Waals surface area contributed by atoms with Gasteiger partial charge in [-0.15, -0.1) is 0 Å². The summed E-state index contributed by atoms with van der Waals surface area (Å²) in [6.07, 6.45) is 7.15. The lowest BCUT2D eigenvalue weighted by atomic mass is 9.98. The van der Waals surface area contributed by atoms with Crippen LogP contribution in [0.25, 0.3) is 10.9 Å². The second-order valence-electron chi connectivity index (χ2n) is 5.14. The smallest absolute Gasteiger partial charge is 0.265 e. The van der Waals surface area contributed by atoms with Crippen LogP contribution >= 0.6 is 0 Å². The molecule has 3 N–H and O–H groups in total. The van der Waals surface area contributed by atoms with Gasteiger partial charge in [0.2, 0.25) is 0 Å². The molecule has 1 aliphatic rings. The van der Waals surface area contributed by atoms with Crippen molar-refractivity contribution >= 4 is 20.9 Å². The minimum atomic E-state index is -3.76. The Morgan fingerprint density at radius 2 is 2.14 bits per heavy atom. The van der Waals surface area contributed by atoms with Crippen LogP contribution in [0, 0.1) is 0 Å². The largest absolute Gasteiger partial charge is 0.327 e. The minimum Gasteiger partial charge on any atom is -0.327 e. The molecule has 0 amide bonds. The normalized spacial score (nSPS) is 22.3.